The zero-order valence-electron chi connectivity index (χ0n) is 12.4. The normalized spacial score (nSPS) is 11.7. The van der Waals surface area contributed by atoms with Crippen molar-refractivity contribution in [2.24, 2.45) is 0 Å². The Morgan fingerprint density at radius 2 is 1.96 bits per heavy atom. The molecule has 9 heteroatoms. The van der Waals surface area contributed by atoms with Crippen molar-refractivity contribution < 1.29 is 32.0 Å². The van der Waals surface area contributed by atoms with Gasteiger partial charge in [-0.15, -0.1) is 0 Å². The van der Waals surface area contributed by atoms with Crippen molar-refractivity contribution in [2.45, 2.75) is 31.9 Å². The monoisotopic (exact) mass is 346 g/mol. The summed E-state index contributed by atoms with van der Waals surface area (Å²) in [7, 11) is 0. The number of aliphatic hydroxyl groups excluding tert-OH is 1. The lowest BCUT2D eigenvalue weighted by molar-refractivity contribution is -0.159. The highest BCUT2D eigenvalue weighted by Crippen LogP contribution is 2.29. The molecule has 0 aliphatic carbocycles. The van der Waals surface area contributed by atoms with E-state index in [1.165, 1.54) is 12.1 Å². The summed E-state index contributed by atoms with van der Waals surface area (Å²) >= 11 is 0. The number of benzene rings is 1. The van der Waals surface area contributed by atoms with Crippen molar-refractivity contribution in [3.05, 3.63) is 35.5 Å². The zero-order valence-corrected chi connectivity index (χ0v) is 12.4. The van der Waals surface area contributed by atoms with Gasteiger partial charge in [0.1, 0.15) is 5.82 Å². The Balaban J connectivity index is 2.12. The fourth-order valence-electron chi connectivity index (χ4n) is 2.05. The quantitative estimate of drug-likeness (QED) is 0.471. The van der Waals surface area contributed by atoms with Gasteiger partial charge in [0.15, 0.2) is 5.78 Å². The number of carbonyl (C=O) groups is 1. The Bertz CT molecular complexity index is 713. The lowest BCUT2D eigenvalue weighted by Gasteiger charge is -2.04. The van der Waals surface area contributed by atoms with Crippen molar-refractivity contribution in [3.8, 4) is 11.4 Å². The molecule has 1 N–H and O–H groups in total. The lowest BCUT2D eigenvalue weighted by atomic mass is 10.0. The van der Waals surface area contributed by atoms with Crippen molar-refractivity contribution in [1.29, 1.82) is 0 Å². The summed E-state index contributed by atoms with van der Waals surface area (Å²) in [4.78, 5) is 15.1. The highest BCUT2D eigenvalue weighted by molar-refractivity contribution is 5.96. The lowest BCUT2D eigenvalue weighted by Crippen LogP contribution is -2.05. The standard InChI is InChI=1S/C15H14F4N2O3/c16-11-8-9(13-20-14(24-21-13)15(17,18)19)5-6-10(11)12(23)4-2-1-3-7-22/h5-6,8,22H,1-4,7H2. The summed E-state index contributed by atoms with van der Waals surface area (Å²) in [6, 6.07) is 3.34. The highest BCUT2D eigenvalue weighted by Gasteiger charge is 2.38. The first-order valence-electron chi connectivity index (χ1n) is 7.18. The number of hydrogen-bond acceptors (Lipinski definition) is 5. The van der Waals surface area contributed by atoms with Crippen LogP contribution >= 0.6 is 0 Å². The van der Waals surface area contributed by atoms with Gasteiger partial charge in [0.05, 0.1) is 5.56 Å². The molecule has 5 nitrogen and oxygen atoms in total. The maximum absolute atomic E-state index is 14.0. The molecule has 0 saturated carbocycles. The second kappa shape index (κ2) is 7.52. The van der Waals surface area contributed by atoms with E-state index in [2.05, 4.69) is 14.7 Å². The van der Waals surface area contributed by atoms with Gasteiger partial charge in [-0.3, -0.25) is 4.79 Å². The number of halogens is 4. The van der Waals surface area contributed by atoms with Crippen LogP contribution in [0.15, 0.2) is 22.7 Å². The van der Waals surface area contributed by atoms with E-state index in [0.29, 0.717) is 19.3 Å². The maximum atomic E-state index is 14.0. The Kier molecular flexibility index (Phi) is 5.66. The number of alkyl halides is 3. The van der Waals surface area contributed by atoms with Crippen LogP contribution in [0.1, 0.15) is 41.9 Å². The van der Waals surface area contributed by atoms with Crippen LogP contribution in [-0.2, 0) is 6.18 Å². The van der Waals surface area contributed by atoms with Crippen LogP contribution in [0.5, 0.6) is 0 Å². The number of aliphatic hydroxyl groups is 1. The molecule has 1 aromatic heterocycles. The number of carbonyl (C=O) groups excluding carboxylic acids is 1. The molecule has 0 aliphatic rings. The molecule has 0 spiro atoms. The van der Waals surface area contributed by atoms with Gasteiger partial charge < -0.3 is 9.63 Å². The van der Waals surface area contributed by atoms with Crippen molar-refractivity contribution in [2.75, 3.05) is 6.61 Å². The first-order valence-corrected chi connectivity index (χ1v) is 7.18. The molecular formula is C15H14F4N2O3. The number of unbranched alkanes of at least 4 members (excludes halogenated alkanes) is 2. The second-order valence-electron chi connectivity index (χ2n) is 5.07. The third-order valence-electron chi connectivity index (χ3n) is 3.26. The van der Waals surface area contributed by atoms with Crippen molar-refractivity contribution in [3.63, 3.8) is 0 Å². The number of rotatable bonds is 7. The first kappa shape index (κ1) is 18.1. The maximum Gasteiger partial charge on any atom is 0.471 e. The molecule has 0 atom stereocenters. The largest absolute Gasteiger partial charge is 0.471 e. The summed E-state index contributed by atoms with van der Waals surface area (Å²) < 4.78 is 55.3. The van der Waals surface area contributed by atoms with Crippen LogP contribution < -0.4 is 0 Å². The molecule has 0 amide bonds. The minimum Gasteiger partial charge on any atom is -0.396 e. The molecule has 2 aromatic rings. The molecular weight excluding hydrogens is 332 g/mol. The highest BCUT2D eigenvalue weighted by atomic mass is 19.4. The van der Waals surface area contributed by atoms with Crippen LogP contribution in [0.4, 0.5) is 17.6 Å². The molecule has 2 rings (SSSR count). The zero-order chi connectivity index (χ0) is 17.7. The number of hydrogen-bond donors (Lipinski definition) is 1. The van der Waals surface area contributed by atoms with Gasteiger partial charge >= 0.3 is 12.1 Å². The Hall–Kier alpha value is -2.29. The van der Waals surface area contributed by atoms with E-state index in [0.717, 1.165) is 6.07 Å². The average molecular weight is 346 g/mol. The molecule has 0 bridgehead atoms. The molecule has 130 valence electrons. The van der Waals surface area contributed by atoms with E-state index in [-0.39, 0.29) is 24.2 Å². The number of Topliss-reactive ketones (excluding diaryl/α,β-unsaturated/α-hetero) is 1. The average Bonchev–Trinajstić information content (AvgIpc) is 3.01. The Labute approximate surface area is 134 Å². The van der Waals surface area contributed by atoms with E-state index in [1.807, 2.05) is 0 Å². The molecule has 0 saturated heterocycles. The SMILES string of the molecule is O=C(CCCCCO)c1ccc(-c2noc(C(F)(F)F)n2)cc1F. The van der Waals surface area contributed by atoms with Gasteiger partial charge in [0, 0.05) is 18.6 Å². The van der Waals surface area contributed by atoms with E-state index < -0.39 is 29.5 Å². The fraction of sp³-hybridized carbons (Fsp3) is 0.400. The minimum atomic E-state index is -4.78. The van der Waals surface area contributed by atoms with Crippen LogP contribution in [0.2, 0.25) is 0 Å². The van der Waals surface area contributed by atoms with Crippen LogP contribution in [-0.4, -0.2) is 27.6 Å². The van der Waals surface area contributed by atoms with E-state index in [9.17, 15) is 22.4 Å². The molecule has 1 heterocycles. The predicted octanol–water partition coefficient (Wildman–Crippen LogP) is 3.63. The third kappa shape index (κ3) is 4.38. The minimum absolute atomic E-state index is 0.0245. The van der Waals surface area contributed by atoms with E-state index in [1.54, 1.807) is 0 Å². The van der Waals surface area contributed by atoms with E-state index in [4.69, 9.17) is 5.11 Å². The van der Waals surface area contributed by atoms with Crippen molar-refractivity contribution >= 4 is 5.78 Å². The fourth-order valence-corrected chi connectivity index (χ4v) is 2.05. The first-order chi connectivity index (χ1) is 11.3. The van der Waals surface area contributed by atoms with Gasteiger partial charge in [-0.2, -0.15) is 18.2 Å². The topological polar surface area (TPSA) is 76.2 Å². The molecule has 0 unspecified atom stereocenters. The van der Waals surface area contributed by atoms with Gasteiger partial charge in [-0.25, -0.2) is 4.39 Å². The molecule has 24 heavy (non-hydrogen) atoms. The summed E-state index contributed by atoms with van der Waals surface area (Å²) in [5, 5.41) is 11.8. The van der Waals surface area contributed by atoms with Crippen LogP contribution in [0.25, 0.3) is 11.4 Å². The van der Waals surface area contributed by atoms with Crippen LogP contribution in [0, 0.1) is 5.82 Å². The molecule has 1 aromatic carbocycles. The number of nitrogens with zero attached hydrogens (tertiary/aromatic N) is 2. The molecule has 0 aliphatic heterocycles. The van der Waals surface area contributed by atoms with Crippen LogP contribution in [0.3, 0.4) is 0 Å². The van der Waals surface area contributed by atoms with Gasteiger partial charge in [-0.1, -0.05) is 17.6 Å². The number of aromatic nitrogens is 2. The number of ketones is 1. The predicted molar refractivity (Wildman–Crippen MR) is 74.6 cm³/mol. The van der Waals surface area contributed by atoms with Crippen molar-refractivity contribution in [1.82, 2.24) is 10.1 Å². The third-order valence-corrected chi connectivity index (χ3v) is 3.26. The Morgan fingerprint density at radius 1 is 1.21 bits per heavy atom. The Morgan fingerprint density at radius 3 is 2.54 bits per heavy atom. The summed E-state index contributed by atoms with van der Waals surface area (Å²) in [5.74, 6) is -3.22. The summed E-state index contributed by atoms with van der Waals surface area (Å²) in [5.41, 5.74) is -0.175. The summed E-state index contributed by atoms with van der Waals surface area (Å²) in [6.45, 7) is 0.0296. The van der Waals surface area contributed by atoms with E-state index >= 15 is 0 Å². The summed E-state index contributed by atoms with van der Waals surface area (Å²) in [6.07, 6.45) is -2.94. The smallest absolute Gasteiger partial charge is 0.396 e. The van der Waals surface area contributed by atoms with Gasteiger partial charge in [0.2, 0.25) is 5.82 Å². The molecule has 0 fully saturated rings. The van der Waals surface area contributed by atoms with Gasteiger partial charge in [0.25, 0.3) is 0 Å². The molecule has 0 radical (unpaired) electrons. The second-order valence-corrected chi connectivity index (χ2v) is 5.07. The van der Waals surface area contributed by atoms with Gasteiger partial charge in [-0.05, 0) is 25.0 Å².